The average Bonchev–Trinajstić information content (AvgIpc) is 2.60. The number of nitrogens with zero attached hydrogens (tertiary/aromatic N) is 1. The minimum Gasteiger partial charge on any atom is -0.386 e. The molecule has 1 aliphatic rings. The van der Waals surface area contributed by atoms with Crippen LogP contribution < -0.4 is 0 Å². The highest BCUT2D eigenvalue weighted by Crippen LogP contribution is 2.35. The fourth-order valence-electron chi connectivity index (χ4n) is 1.58. The minimum absolute atomic E-state index is 0.173. The van der Waals surface area contributed by atoms with Crippen molar-refractivity contribution in [1.29, 1.82) is 0 Å². The van der Waals surface area contributed by atoms with Gasteiger partial charge in [-0.3, -0.25) is 0 Å². The van der Waals surface area contributed by atoms with Crippen LogP contribution in [0.15, 0.2) is 16.3 Å². The molecule has 2 heterocycles. The van der Waals surface area contributed by atoms with E-state index in [9.17, 15) is 13.5 Å². The van der Waals surface area contributed by atoms with Gasteiger partial charge in [-0.15, -0.1) is 11.3 Å². The van der Waals surface area contributed by atoms with Crippen molar-refractivity contribution >= 4 is 21.4 Å². The zero-order chi connectivity index (χ0) is 10.3. The fourth-order valence-corrected chi connectivity index (χ4v) is 4.48. The molecule has 78 valence electrons. The van der Waals surface area contributed by atoms with Crippen molar-refractivity contribution in [2.75, 3.05) is 13.1 Å². The normalized spacial score (nSPS) is 26.0. The Balaban J connectivity index is 2.59. The van der Waals surface area contributed by atoms with Crippen LogP contribution in [0, 0.1) is 0 Å². The summed E-state index contributed by atoms with van der Waals surface area (Å²) in [4.78, 5) is 0.831. The van der Waals surface area contributed by atoms with Crippen molar-refractivity contribution in [2.45, 2.75) is 17.9 Å². The Labute approximate surface area is 86.8 Å². The van der Waals surface area contributed by atoms with E-state index in [-0.39, 0.29) is 11.4 Å². The Bertz CT molecular complexity index is 437. The van der Waals surface area contributed by atoms with Crippen LogP contribution in [0.5, 0.6) is 0 Å². The minimum atomic E-state index is -3.34. The maximum Gasteiger partial charge on any atom is 0.244 e. The van der Waals surface area contributed by atoms with Crippen LogP contribution in [0.4, 0.5) is 0 Å². The summed E-state index contributed by atoms with van der Waals surface area (Å²) in [5.74, 6) is 0. The van der Waals surface area contributed by atoms with Crippen LogP contribution in [-0.4, -0.2) is 30.9 Å². The highest BCUT2D eigenvalue weighted by molar-refractivity contribution is 7.89. The standard InChI is InChI=1S/C8H11NO3S2/c1-2-9-5-6(10)8-7(3-4-13-8)14(9,11)12/h3-4,6,10H,2,5H2,1H3/t6-/m0/s1. The summed E-state index contributed by atoms with van der Waals surface area (Å²) in [7, 11) is -3.34. The molecule has 0 spiro atoms. The molecule has 0 aliphatic carbocycles. The smallest absolute Gasteiger partial charge is 0.244 e. The van der Waals surface area contributed by atoms with Gasteiger partial charge in [-0.05, 0) is 11.4 Å². The maximum atomic E-state index is 11.9. The van der Waals surface area contributed by atoms with E-state index in [2.05, 4.69) is 0 Å². The van der Waals surface area contributed by atoms with E-state index in [1.54, 1.807) is 18.4 Å². The molecule has 0 aromatic carbocycles. The molecule has 0 unspecified atom stereocenters. The molecule has 6 heteroatoms. The summed E-state index contributed by atoms with van der Waals surface area (Å²) in [6.07, 6.45) is -0.673. The third-order valence-electron chi connectivity index (χ3n) is 2.31. The molecule has 1 atom stereocenters. The number of rotatable bonds is 1. The molecule has 1 aromatic rings. The van der Waals surface area contributed by atoms with E-state index in [1.807, 2.05) is 0 Å². The second kappa shape index (κ2) is 3.30. The van der Waals surface area contributed by atoms with E-state index < -0.39 is 16.1 Å². The van der Waals surface area contributed by atoms with E-state index in [4.69, 9.17) is 0 Å². The summed E-state index contributed by atoms with van der Waals surface area (Å²) < 4.78 is 25.0. The summed E-state index contributed by atoms with van der Waals surface area (Å²) in [5, 5.41) is 11.4. The molecular weight excluding hydrogens is 222 g/mol. The van der Waals surface area contributed by atoms with Gasteiger partial charge in [0.15, 0.2) is 0 Å². The van der Waals surface area contributed by atoms with Gasteiger partial charge in [0.2, 0.25) is 10.0 Å². The summed E-state index contributed by atoms with van der Waals surface area (Å²) in [6.45, 7) is 2.34. The third kappa shape index (κ3) is 1.30. The first-order valence-electron chi connectivity index (χ1n) is 4.33. The number of fused-ring (bicyclic) bond motifs is 1. The Morgan fingerprint density at radius 2 is 2.43 bits per heavy atom. The van der Waals surface area contributed by atoms with E-state index in [0.29, 0.717) is 11.4 Å². The van der Waals surface area contributed by atoms with E-state index >= 15 is 0 Å². The molecule has 0 saturated heterocycles. The Morgan fingerprint density at radius 1 is 1.71 bits per heavy atom. The second-order valence-corrected chi connectivity index (χ2v) is 5.97. The molecule has 0 bridgehead atoms. The van der Waals surface area contributed by atoms with Crippen LogP contribution in [0.2, 0.25) is 0 Å². The van der Waals surface area contributed by atoms with Crippen LogP contribution in [0.1, 0.15) is 17.9 Å². The van der Waals surface area contributed by atoms with Crippen molar-refractivity contribution in [3.8, 4) is 0 Å². The molecule has 2 rings (SSSR count). The monoisotopic (exact) mass is 233 g/mol. The number of β-amino-alcohol motifs (C(OH)–C–C–N with tert-alkyl or cyclic N) is 1. The van der Waals surface area contributed by atoms with Gasteiger partial charge < -0.3 is 5.11 Å². The number of thiophene rings is 1. The average molecular weight is 233 g/mol. The van der Waals surface area contributed by atoms with Crippen molar-refractivity contribution in [2.24, 2.45) is 0 Å². The van der Waals surface area contributed by atoms with Crippen molar-refractivity contribution in [3.63, 3.8) is 0 Å². The van der Waals surface area contributed by atoms with Crippen LogP contribution in [0.3, 0.4) is 0 Å². The molecule has 0 radical (unpaired) electrons. The number of aliphatic hydroxyl groups excluding tert-OH is 1. The van der Waals surface area contributed by atoms with Gasteiger partial charge >= 0.3 is 0 Å². The van der Waals surface area contributed by atoms with Crippen LogP contribution in [0.25, 0.3) is 0 Å². The van der Waals surface area contributed by atoms with Crippen molar-refractivity contribution < 1.29 is 13.5 Å². The van der Waals surface area contributed by atoms with Gasteiger partial charge in [-0.25, -0.2) is 8.42 Å². The third-order valence-corrected chi connectivity index (χ3v) is 5.45. The number of hydrogen-bond donors (Lipinski definition) is 1. The Kier molecular flexibility index (Phi) is 2.38. The van der Waals surface area contributed by atoms with E-state index in [0.717, 1.165) is 0 Å². The van der Waals surface area contributed by atoms with E-state index in [1.165, 1.54) is 15.6 Å². The number of sulfonamides is 1. The number of aliphatic hydroxyl groups is 1. The summed E-state index contributed by atoms with van der Waals surface area (Å²) in [5.41, 5.74) is 0. The maximum absolute atomic E-state index is 11.9. The van der Waals surface area contributed by atoms with Gasteiger partial charge in [-0.1, -0.05) is 6.92 Å². The second-order valence-electron chi connectivity index (χ2n) is 3.12. The van der Waals surface area contributed by atoms with Crippen LogP contribution in [-0.2, 0) is 10.0 Å². The van der Waals surface area contributed by atoms with Gasteiger partial charge in [0.05, 0.1) is 9.77 Å². The molecule has 14 heavy (non-hydrogen) atoms. The van der Waals surface area contributed by atoms with Crippen molar-refractivity contribution in [3.05, 3.63) is 16.3 Å². The van der Waals surface area contributed by atoms with Crippen LogP contribution >= 0.6 is 11.3 Å². The summed E-state index contributed by atoms with van der Waals surface area (Å²) >= 11 is 1.29. The van der Waals surface area contributed by atoms with Gasteiger partial charge in [0.1, 0.15) is 6.10 Å². The lowest BCUT2D eigenvalue weighted by Crippen LogP contribution is -2.38. The lowest BCUT2D eigenvalue weighted by atomic mass is 10.3. The van der Waals surface area contributed by atoms with Gasteiger partial charge in [0, 0.05) is 13.1 Å². The molecule has 1 aromatic heterocycles. The lowest BCUT2D eigenvalue weighted by Gasteiger charge is -2.28. The lowest BCUT2D eigenvalue weighted by molar-refractivity contribution is 0.144. The molecular formula is C8H11NO3S2. The molecule has 0 amide bonds. The summed E-state index contributed by atoms with van der Waals surface area (Å²) in [6, 6.07) is 1.56. The molecule has 0 fully saturated rings. The zero-order valence-corrected chi connectivity index (χ0v) is 9.31. The molecule has 1 aliphatic heterocycles. The first-order valence-corrected chi connectivity index (χ1v) is 6.65. The zero-order valence-electron chi connectivity index (χ0n) is 7.67. The topological polar surface area (TPSA) is 57.6 Å². The first-order chi connectivity index (χ1) is 6.57. The quantitative estimate of drug-likeness (QED) is 0.780. The van der Waals surface area contributed by atoms with Crippen molar-refractivity contribution in [1.82, 2.24) is 4.31 Å². The Morgan fingerprint density at radius 3 is 3.07 bits per heavy atom. The largest absolute Gasteiger partial charge is 0.386 e. The predicted molar refractivity (Wildman–Crippen MR) is 53.7 cm³/mol. The molecule has 1 N–H and O–H groups in total. The first kappa shape index (κ1) is 10.1. The Hall–Kier alpha value is -0.430. The highest BCUT2D eigenvalue weighted by Gasteiger charge is 2.35. The van der Waals surface area contributed by atoms with Gasteiger partial charge in [-0.2, -0.15) is 4.31 Å². The number of likely N-dealkylation sites (N-methyl/N-ethyl adjacent to an activating group) is 1. The predicted octanol–water partition coefficient (Wildman–Crippen LogP) is 0.806. The SMILES string of the molecule is CCN1C[C@H](O)c2sccc2S1(=O)=O. The fraction of sp³-hybridized carbons (Fsp3) is 0.500. The van der Waals surface area contributed by atoms with Gasteiger partial charge in [0.25, 0.3) is 0 Å². The highest BCUT2D eigenvalue weighted by atomic mass is 32.2. The number of hydrogen-bond acceptors (Lipinski definition) is 4. The molecule has 0 saturated carbocycles. The molecule has 4 nitrogen and oxygen atoms in total.